The molecule has 0 aliphatic carbocycles. The first-order valence-electron chi connectivity index (χ1n) is 6.80. The van der Waals surface area contributed by atoms with Crippen molar-refractivity contribution >= 4 is 9.84 Å². The molecule has 2 saturated heterocycles. The highest BCUT2D eigenvalue weighted by Crippen LogP contribution is 2.29. The molecular weight excluding hydrogens is 262 g/mol. The second-order valence-corrected chi connectivity index (χ2v) is 7.57. The van der Waals surface area contributed by atoms with E-state index in [1.165, 1.54) is 5.56 Å². The topological polar surface area (TPSA) is 55.4 Å². The van der Waals surface area contributed by atoms with Gasteiger partial charge < -0.3 is 10.1 Å². The molecule has 19 heavy (non-hydrogen) atoms. The third kappa shape index (κ3) is 3.09. The molecule has 2 aliphatic heterocycles. The van der Waals surface area contributed by atoms with Gasteiger partial charge in [-0.3, -0.25) is 0 Å². The summed E-state index contributed by atoms with van der Waals surface area (Å²) in [5.41, 5.74) is 1.31. The molecule has 0 amide bonds. The molecule has 0 saturated carbocycles. The summed E-state index contributed by atoms with van der Waals surface area (Å²) < 4.78 is 28.0. The van der Waals surface area contributed by atoms with Gasteiger partial charge in [-0.15, -0.1) is 0 Å². The van der Waals surface area contributed by atoms with E-state index in [-0.39, 0.29) is 17.6 Å². The largest absolute Gasteiger partial charge is 0.488 e. The molecule has 0 unspecified atom stereocenters. The van der Waals surface area contributed by atoms with Crippen molar-refractivity contribution in [3.63, 3.8) is 0 Å². The van der Waals surface area contributed by atoms with Gasteiger partial charge in [0.25, 0.3) is 0 Å². The van der Waals surface area contributed by atoms with E-state index in [4.69, 9.17) is 4.74 Å². The van der Waals surface area contributed by atoms with E-state index in [0.29, 0.717) is 5.92 Å². The Balaban J connectivity index is 1.66. The van der Waals surface area contributed by atoms with Gasteiger partial charge in [0.1, 0.15) is 11.9 Å². The third-order valence-corrected chi connectivity index (χ3v) is 5.61. The third-order valence-electron chi connectivity index (χ3n) is 3.85. The highest BCUT2D eigenvalue weighted by Gasteiger charge is 2.35. The van der Waals surface area contributed by atoms with E-state index in [0.717, 1.165) is 31.7 Å². The minimum absolute atomic E-state index is 0.157. The van der Waals surface area contributed by atoms with Crippen molar-refractivity contribution in [1.82, 2.24) is 5.32 Å². The molecule has 0 radical (unpaired) electrons. The number of ether oxygens (including phenoxy) is 1. The summed E-state index contributed by atoms with van der Waals surface area (Å²) in [6.45, 7) is 2.13. The van der Waals surface area contributed by atoms with E-state index < -0.39 is 9.84 Å². The average molecular weight is 281 g/mol. The molecule has 2 heterocycles. The van der Waals surface area contributed by atoms with Crippen LogP contribution in [0.3, 0.4) is 0 Å². The summed E-state index contributed by atoms with van der Waals surface area (Å²) in [7, 11) is -2.81. The molecule has 104 valence electrons. The monoisotopic (exact) mass is 281 g/mol. The van der Waals surface area contributed by atoms with Crippen molar-refractivity contribution in [1.29, 1.82) is 0 Å². The molecule has 1 N–H and O–H groups in total. The Hall–Kier alpha value is -1.07. The fourth-order valence-corrected chi connectivity index (χ4v) is 3.95. The van der Waals surface area contributed by atoms with Crippen molar-refractivity contribution < 1.29 is 13.2 Å². The lowest BCUT2D eigenvalue weighted by molar-refractivity contribution is 0.230. The Kier molecular flexibility index (Phi) is 3.50. The molecule has 2 aliphatic rings. The molecule has 1 aromatic rings. The highest BCUT2D eigenvalue weighted by molar-refractivity contribution is 7.92. The normalized spacial score (nSPS) is 23.8. The van der Waals surface area contributed by atoms with E-state index in [9.17, 15) is 8.42 Å². The smallest absolute Gasteiger partial charge is 0.157 e. The van der Waals surface area contributed by atoms with Crippen molar-refractivity contribution in [3.05, 3.63) is 29.8 Å². The lowest BCUT2D eigenvalue weighted by Crippen LogP contribution is -2.45. The predicted octanol–water partition coefficient (Wildman–Crippen LogP) is 1.33. The number of nitrogens with one attached hydrogen (secondary N) is 1. The van der Waals surface area contributed by atoms with Gasteiger partial charge in [-0.1, -0.05) is 12.1 Å². The molecule has 1 aromatic carbocycles. The average Bonchev–Trinajstić information content (AvgIpc) is 2.38. The minimum Gasteiger partial charge on any atom is -0.488 e. The van der Waals surface area contributed by atoms with Gasteiger partial charge in [-0.25, -0.2) is 8.42 Å². The second-order valence-electron chi connectivity index (χ2n) is 5.41. The summed E-state index contributed by atoms with van der Waals surface area (Å²) in [6.07, 6.45) is 2.15. The van der Waals surface area contributed by atoms with E-state index in [1.807, 2.05) is 12.1 Å². The second kappa shape index (κ2) is 5.13. The van der Waals surface area contributed by atoms with Gasteiger partial charge in [0.15, 0.2) is 9.84 Å². The number of rotatable bonds is 3. The molecule has 0 spiro atoms. The Labute approximate surface area is 114 Å². The van der Waals surface area contributed by atoms with Crippen LogP contribution in [0, 0.1) is 0 Å². The predicted molar refractivity (Wildman–Crippen MR) is 74.4 cm³/mol. The number of benzene rings is 1. The Morgan fingerprint density at radius 1 is 1.16 bits per heavy atom. The Bertz CT molecular complexity index is 538. The first-order chi connectivity index (χ1) is 9.12. The number of hydrogen-bond donors (Lipinski definition) is 1. The number of sulfone groups is 1. The van der Waals surface area contributed by atoms with Crippen molar-refractivity contribution in [2.24, 2.45) is 0 Å². The molecule has 0 bridgehead atoms. The van der Waals surface area contributed by atoms with Crippen molar-refractivity contribution in [3.8, 4) is 5.75 Å². The van der Waals surface area contributed by atoms with Crippen LogP contribution in [0.15, 0.2) is 24.3 Å². The SMILES string of the molecule is O=S1(=O)CC(Oc2cccc(C3CCNCC3)c2)C1. The fourth-order valence-electron chi connectivity index (χ4n) is 2.78. The molecule has 5 heteroatoms. The minimum atomic E-state index is -2.81. The van der Waals surface area contributed by atoms with Crippen LogP contribution in [0.2, 0.25) is 0 Å². The summed E-state index contributed by atoms with van der Waals surface area (Å²) in [6, 6.07) is 8.12. The molecule has 0 aromatic heterocycles. The van der Waals surface area contributed by atoms with Gasteiger partial charge in [0, 0.05) is 0 Å². The zero-order chi connectivity index (χ0) is 13.3. The lowest BCUT2D eigenvalue weighted by Gasteiger charge is -2.27. The fraction of sp³-hybridized carbons (Fsp3) is 0.571. The number of hydrogen-bond acceptors (Lipinski definition) is 4. The Morgan fingerprint density at radius 3 is 2.58 bits per heavy atom. The van der Waals surface area contributed by atoms with Crippen LogP contribution < -0.4 is 10.1 Å². The zero-order valence-electron chi connectivity index (χ0n) is 10.8. The molecule has 4 nitrogen and oxygen atoms in total. The standard InChI is InChI=1S/C14H19NO3S/c16-19(17)9-14(10-19)18-13-3-1-2-12(8-13)11-4-6-15-7-5-11/h1-3,8,11,14-15H,4-7,9-10H2. The van der Waals surface area contributed by atoms with Crippen molar-refractivity contribution in [2.75, 3.05) is 24.6 Å². The van der Waals surface area contributed by atoms with Gasteiger partial charge in [-0.05, 0) is 49.5 Å². The van der Waals surface area contributed by atoms with Gasteiger partial charge in [-0.2, -0.15) is 0 Å². The maximum absolute atomic E-state index is 11.1. The van der Waals surface area contributed by atoms with Crippen LogP contribution in [0.1, 0.15) is 24.3 Å². The van der Waals surface area contributed by atoms with Crippen LogP contribution in [0.5, 0.6) is 5.75 Å². The van der Waals surface area contributed by atoms with Crippen LogP contribution in [-0.4, -0.2) is 39.1 Å². The molecule has 0 atom stereocenters. The van der Waals surface area contributed by atoms with E-state index >= 15 is 0 Å². The van der Waals surface area contributed by atoms with Gasteiger partial charge >= 0.3 is 0 Å². The lowest BCUT2D eigenvalue weighted by atomic mass is 9.90. The Morgan fingerprint density at radius 2 is 1.89 bits per heavy atom. The summed E-state index contributed by atoms with van der Waals surface area (Å²) in [5.74, 6) is 1.71. The zero-order valence-corrected chi connectivity index (χ0v) is 11.7. The highest BCUT2D eigenvalue weighted by atomic mass is 32.2. The number of piperidine rings is 1. The maximum Gasteiger partial charge on any atom is 0.157 e. The molecule has 2 fully saturated rings. The first kappa shape index (κ1) is 12.9. The van der Waals surface area contributed by atoms with Gasteiger partial charge in [0.2, 0.25) is 0 Å². The van der Waals surface area contributed by atoms with Crippen LogP contribution in [-0.2, 0) is 9.84 Å². The van der Waals surface area contributed by atoms with Crippen molar-refractivity contribution in [2.45, 2.75) is 24.9 Å². The first-order valence-corrected chi connectivity index (χ1v) is 8.62. The quantitative estimate of drug-likeness (QED) is 0.908. The molecular formula is C14H19NO3S. The summed E-state index contributed by atoms with van der Waals surface area (Å²) in [5, 5.41) is 3.36. The van der Waals surface area contributed by atoms with Crippen LogP contribution in [0.4, 0.5) is 0 Å². The maximum atomic E-state index is 11.1. The van der Waals surface area contributed by atoms with E-state index in [1.54, 1.807) is 0 Å². The van der Waals surface area contributed by atoms with Gasteiger partial charge in [0.05, 0.1) is 11.5 Å². The van der Waals surface area contributed by atoms with E-state index in [2.05, 4.69) is 17.4 Å². The summed E-state index contributed by atoms with van der Waals surface area (Å²) in [4.78, 5) is 0. The van der Waals surface area contributed by atoms with Crippen LogP contribution in [0.25, 0.3) is 0 Å². The summed E-state index contributed by atoms with van der Waals surface area (Å²) >= 11 is 0. The van der Waals surface area contributed by atoms with Crippen LogP contribution >= 0.6 is 0 Å². The molecule has 3 rings (SSSR count).